The van der Waals surface area contributed by atoms with Crippen molar-refractivity contribution in [2.24, 2.45) is 0 Å². The average molecular weight is 254 g/mol. The first-order valence-corrected chi connectivity index (χ1v) is 4.02. The predicted molar refractivity (Wildman–Crippen MR) is 61.4 cm³/mol. The van der Waals surface area contributed by atoms with Gasteiger partial charge in [0.1, 0.15) is 0 Å². The van der Waals surface area contributed by atoms with Crippen LogP contribution < -0.4 is 0 Å². The molecule has 0 spiro atoms. The molecular formula is C9H20BrNO2. The highest BCUT2D eigenvalue weighted by Gasteiger charge is 1.86. The molecule has 0 fully saturated rings. The van der Waals surface area contributed by atoms with E-state index in [0.29, 0.717) is 6.61 Å². The Morgan fingerprint density at radius 1 is 1.46 bits per heavy atom. The molecule has 13 heavy (non-hydrogen) atoms. The zero-order valence-electron chi connectivity index (χ0n) is 8.87. The molecule has 0 rings (SSSR count). The van der Waals surface area contributed by atoms with Crippen LogP contribution in [0.2, 0.25) is 0 Å². The second-order valence-corrected chi connectivity index (χ2v) is 2.35. The maximum atomic E-state index is 10.1. The number of carbonyl (C=O) groups excluding carboxylic acids is 1. The van der Waals surface area contributed by atoms with Gasteiger partial charge in [0, 0.05) is 6.08 Å². The molecule has 0 N–H and O–H groups in total. The molecule has 0 heterocycles. The maximum Gasteiger partial charge on any atom is 0.330 e. The molecule has 0 atom stereocenters. The number of carbonyl (C=O) groups is 1. The van der Waals surface area contributed by atoms with E-state index in [-0.39, 0.29) is 23.0 Å². The number of esters is 1. The molecule has 0 aliphatic heterocycles. The van der Waals surface area contributed by atoms with Gasteiger partial charge in [-0.1, -0.05) is 13.5 Å². The van der Waals surface area contributed by atoms with Crippen LogP contribution in [0.4, 0.5) is 0 Å². The lowest BCUT2D eigenvalue weighted by molar-refractivity contribution is -0.137. The third kappa shape index (κ3) is 24.5. The van der Waals surface area contributed by atoms with Crippen molar-refractivity contribution in [1.82, 2.24) is 4.90 Å². The van der Waals surface area contributed by atoms with Gasteiger partial charge >= 0.3 is 5.97 Å². The Labute approximate surface area is 91.5 Å². The Bertz CT molecular complexity index is 127. The van der Waals surface area contributed by atoms with Crippen LogP contribution in [-0.2, 0) is 9.53 Å². The van der Waals surface area contributed by atoms with Crippen molar-refractivity contribution in [3.8, 4) is 0 Å². The molecule has 3 nitrogen and oxygen atoms in total. The van der Waals surface area contributed by atoms with Crippen LogP contribution in [-0.4, -0.2) is 38.1 Å². The topological polar surface area (TPSA) is 29.5 Å². The molecule has 0 aromatic heterocycles. The van der Waals surface area contributed by atoms with Crippen molar-refractivity contribution in [1.29, 1.82) is 0 Å². The van der Waals surface area contributed by atoms with E-state index in [2.05, 4.69) is 37.2 Å². The lowest BCUT2D eigenvalue weighted by Gasteiger charge is -2.00. The molecule has 0 saturated heterocycles. The van der Waals surface area contributed by atoms with Crippen LogP contribution in [0.3, 0.4) is 0 Å². The standard InChI is InChI=1S/C5H8O2.C4H11N.BrH/c1-3-5(6)7-4-2;1-4-5(2)3;/h3H,1,4H2,2H3;4H2,1-3H3;1H. The van der Waals surface area contributed by atoms with Crippen molar-refractivity contribution >= 4 is 23.0 Å². The fourth-order valence-corrected chi connectivity index (χ4v) is 0.201. The first kappa shape index (κ1) is 18.4. The highest BCUT2D eigenvalue weighted by Crippen LogP contribution is 1.74. The Balaban J connectivity index is -0.000000150. The summed E-state index contributed by atoms with van der Waals surface area (Å²) < 4.78 is 4.43. The molecule has 0 saturated carbocycles. The molecule has 0 aliphatic rings. The van der Waals surface area contributed by atoms with Gasteiger partial charge in [-0.3, -0.25) is 0 Å². The van der Waals surface area contributed by atoms with Crippen molar-refractivity contribution in [3.63, 3.8) is 0 Å². The van der Waals surface area contributed by atoms with Gasteiger partial charge < -0.3 is 9.64 Å². The summed E-state index contributed by atoms with van der Waals surface area (Å²) in [5.74, 6) is -0.359. The van der Waals surface area contributed by atoms with Gasteiger partial charge in [0.05, 0.1) is 6.61 Å². The molecule has 0 bridgehead atoms. The van der Waals surface area contributed by atoms with Gasteiger partial charge in [-0.05, 0) is 27.6 Å². The number of hydrogen-bond acceptors (Lipinski definition) is 3. The van der Waals surface area contributed by atoms with Crippen LogP contribution >= 0.6 is 17.0 Å². The molecular weight excluding hydrogens is 234 g/mol. The highest BCUT2D eigenvalue weighted by molar-refractivity contribution is 8.93. The SMILES string of the molecule is Br.C=CC(=O)OCC.CCN(C)C. The largest absolute Gasteiger partial charge is 0.463 e. The Morgan fingerprint density at radius 2 is 1.85 bits per heavy atom. The Kier molecular flexibility index (Phi) is 20.1. The van der Waals surface area contributed by atoms with E-state index < -0.39 is 0 Å². The minimum atomic E-state index is -0.359. The zero-order chi connectivity index (χ0) is 9.98. The zero-order valence-corrected chi connectivity index (χ0v) is 10.6. The smallest absolute Gasteiger partial charge is 0.330 e. The molecule has 0 aliphatic carbocycles. The fraction of sp³-hybridized carbons (Fsp3) is 0.667. The summed E-state index contributed by atoms with van der Waals surface area (Å²) in [6.07, 6.45) is 1.14. The molecule has 0 aromatic rings. The number of rotatable bonds is 3. The number of hydrogen-bond donors (Lipinski definition) is 0. The summed E-state index contributed by atoms with van der Waals surface area (Å²) in [5, 5.41) is 0. The lowest BCUT2D eigenvalue weighted by atomic mass is 10.6. The Hall–Kier alpha value is -0.350. The van der Waals surface area contributed by atoms with E-state index in [1.165, 1.54) is 0 Å². The highest BCUT2D eigenvalue weighted by atomic mass is 79.9. The van der Waals surface area contributed by atoms with E-state index >= 15 is 0 Å². The first-order chi connectivity index (χ1) is 5.58. The maximum absolute atomic E-state index is 10.1. The first-order valence-electron chi connectivity index (χ1n) is 4.02. The quantitative estimate of drug-likeness (QED) is 0.569. The van der Waals surface area contributed by atoms with Crippen LogP contribution in [0.15, 0.2) is 12.7 Å². The number of ether oxygens (including phenoxy) is 1. The monoisotopic (exact) mass is 253 g/mol. The van der Waals surface area contributed by atoms with Gasteiger partial charge in [0.2, 0.25) is 0 Å². The molecule has 0 amide bonds. The second-order valence-electron chi connectivity index (χ2n) is 2.35. The molecule has 4 heteroatoms. The van der Waals surface area contributed by atoms with Crippen LogP contribution in [0.5, 0.6) is 0 Å². The summed E-state index contributed by atoms with van der Waals surface area (Å²) in [7, 11) is 4.11. The lowest BCUT2D eigenvalue weighted by Crippen LogP contribution is -2.08. The van der Waals surface area contributed by atoms with Crippen molar-refractivity contribution in [2.75, 3.05) is 27.2 Å². The van der Waals surface area contributed by atoms with E-state index in [1.54, 1.807) is 6.92 Å². The van der Waals surface area contributed by atoms with Gasteiger partial charge in [-0.2, -0.15) is 0 Å². The second kappa shape index (κ2) is 14.2. The number of nitrogens with zero attached hydrogens (tertiary/aromatic N) is 1. The average Bonchev–Trinajstić information content (AvgIpc) is 2.06. The fourth-order valence-electron chi connectivity index (χ4n) is 0.201. The minimum Gasteiger partial charge on any atom is -0.463 e. The van der Waals surface area contributed by atoms with Gasteiger partial charge in [-0.15, -0.1) is 17.0 Å². The van der Waals surface area contributed by atoms with Crippen LogP contribution in [0.1, 0.15) is 13.8 Å². The van der Waals surface area contributed by atoms with Crippen molar-refractivity contribution < 1.29 is 9.53 Å². The third-order valence-corrected chi connectivity index (χ3v) is 1.09. The summed E-state index contributed by atoms with van der Waals surface area (Å²) in [4.78, 5) is 12.2. The van der Waals surface area contributed by atoms with E-state index in [9.17, 15) is 4.79 Å². The van der Waals surface area contributed by atoms with Gasteiger partial charge in [0.15, 0.2) is 0 Å². The summed E-state index contributed by atoms with van der Waals surface area (Å²) in [6.45, 7) is 8.64. The van der Waals surface area contributed by atoms with Gasteiger partial charge in [-0.25, -0.2) is 4.79 Å². The van der Waals surface area contributed by atoms with Crippen molar-refractivity contribution in [3.05, 3.63) is 12.7 Å². The molecule has 0 radical (unpaired) electrons. The van der Waals surface area contributed by atoms with Crippen molar-refractivity contribution in [2.45, 2.75) is 13.8 Å². The van der Waals surface area contributed by atoms with Crippen LogP contribution in [0.25, 0.3) is 0 Å². The van der Waals surface area contributed by atoms with Crippen LogP contribution in [0, 0.1) is 0 Å². The molecule has 80 valence electrons. The summed E-state index contributed by atoms with van der Waals surface area (Å²) in [5.41, 5.74) is 0. The van der Waals surface area contributed by atoms with E-state index in [0.717, 1.165) is 12.6 Å². The Morgan fingerprint density at radius 3 is 1.92 bits per heavy atom. The number of halogens is 1. The predicted octanol–water partition coefficient (Wildman–Crippen LogP) is 1.88. The molecule has 0 aromatic carbocycles. The normalized spacial score (nSPS) is 7.77. The van der Waals surface area contributed by atoms with Gasteiger partial charge in [0.25, 0.3) is 0 Å². The van der Waals surface area contributed by atoms with E-state index in [4.69, 9.17) is 0 Å². The third-order valence-electron chi connectivity index (χ3n) is 1.09. The minimum absolute atomic E-state index is 0. The molecule has 0 unspecified atom stereocenters. The van der Waals surface area contributed by atoms with E-state index in [1.807, 2.05) is 0 Å². The summed E-state index contributed by atoms with van der Waals surface area (Å²) >= 11 is 0. The summed E-state index contributed by atoms with van der Waals surface area (Å²) in [6, 6.07) is 0.